The fourth-order valence-electron chi connectivity index (χ4n) is 2.53. The highest BCUT2D eigenvalue weighted by Gasteiger charge is 2.24. The number of hydrogen-bond donors (Lipinski definition) is 2. The number of aromatic amines is 1. The highest BCUT2D eigenvalue weighted by Crippen LogP contribution is 2.47. The molecule has 146 valence electrons. The van der Waals surface area contributed by atoms with Gasteiger partial charge in [-0.25, -0.2) is 4.79 Å². The summed E-state index contributed by atoms with van der Waals surface area (Å²) < 4.78 is 24.2. The largest absolute Gasteiger partial charge is 0.426 e. The van der Waals surface area contributed by atoms with Crippen LogP contribution in [0.3, 0.4) is 0 Å². The van der Waals surface area contributed by atoms with Crippen molar-refractivity contribution in [2.75, 3.05) is 13.7 Å². The van der Waals surface area contributed by atoms with Gasteiger partial charge in [-0.1, -0.05) is 30.4 Å². The fraction of sp³-hybridized carbons (Fsp3) is 0.412. The van der Waals surface area contributed by atoms with E-state index in [0.717, 1.165) is 11.3 Å². The molecule has 2 atom stereocenters. The van der Waals surface area contributed by atoms with E-state index >= 15 is 0 Å². The predicted molar refractivity (Wildman–Crippen MR) is 102 cm³/mol. The SMILES string of the molecule is COC(CCn1cc(CO)c(=S)[nH]c1=O)COP1OCc2ccccc2O1. The average Bonchev–Trinajstić information content (AvgIpc) is 2.69. The molecule has 0 saturated heterocycles. The highest BCUT2D eigenvalue weighted by molar-refractivity contribution is 7.71. The maximum absolute atomic E-state index is 12.0. The molecule has 0 radical (unpaired) electrons. The number of fused-ring (bicyclic) bond motifs is 1. The van der Waals surface area contributed by atoms with E-state index < -0.39 is 8.60 Å². The van der Waals surface area contributed by atoms with Gasteiger partial charge in [0.05, 0.1) is 25.9 Å². The van der Waals surface area contributed by atoms with Crippen LogP contribution in [0.4, 0.5) is 0 Å². The number of H-pyrrole nitrogens is 1. The standard InChI is InChI=1S/C17H21N2O6PS/c1-22-14(6-7-19-8-13(9-20)16(27)18-17(19)21)11-24-26-23-10-12-4-2-3-5-15(12)25-26/h2-5,8,14,20H,6-7,9-11H2,1H3,(H,18,21,27). The minimum Gasteiger partial charge on any atom is -0.426 e. The third-order valence-corrected chi connectivity index (χ3v) is 5.53. The summed E-state index contributed by atoms with van der Waals surface area (Å²) in [5.74, 6) is 0.770. The molecule has 0 aliphatic carbocycles. The van der Waals surface area contributed by atoms with Gasteiger partial charge >= 0.3 is 14.3 Å². The Morgan fingerprint density at radius 2 is 2.26 bits per heavy atom. The molecule has 0 amide bonds. The Bertz CT molecular complexity index is 886. The zero-order chi connectivity index (χ0) is 19.2. The molecule has 8 nitrogen and oxygen atoms in total. The Balaban J connectivity index is 1.53. The van der Waals surface area contributed by atoms with Crippen molar-refractivity contribution in [3.8, 4) is 5.75 Å². The first kappa shape index (κ1) is 20.1. The van der Waals surface area contributed by atoms with Gasteiger partial charge in [0, 0.05) is 31.0 Å². The van der Waals surface area contributed by atoms with Crippen LogP contribution >= 0.6 is 20.8 Å². The van der Waals surface area contributed by atoms with Crippen molar-refractivity contribution in [2.24, 2.45) is 0 Å². The Morgan fingerprint density at radius 1 is 1.44 bits per heavy atom. The van der Waals surface area contributed by atoms with Crippen molar-refractivity contribution in [2.45, 2.75) is 32.3 Å². The molecular formula is C17H21N2O6PS. The highest BCUT2D eigenvalue weighted by atomic mass is 32.1. The lowest BCUT2D eigenvalue weighted by molar-refractivity contribution is 0.0399. The van der Waals surface area contributed by atoms with E-state index in [4.69, 9.17) is 30.5 Å². The summed E-state index contributed by atoms with van der Waals surface area (Å²) in [4.78, 5) is 14.5. The fourth-order valence-corrected chi connectivity index (χ4v) is 3.79. The van der Waals surface area contributed by atoms with Crippen LogP contribution in [-0.4, -0.2) is 34.5 Å². The number of nitrogens with one attached hydrogen (secondary N) is 1. The second-order valence-corrected chi connectivity index (χ2v) is 7.46. The van der Waals surface area contributed by atoms with Crippen molar-refractivity contribution in [1.29, 1.82) is 0 Å². The molecule has 1 aliphatic rings. The number of ether oxygens (including phenoxy) is 1. The van der Waals surface area contributed by atoms with E-state index in [9.17, 15) is 9.90 Å². The number of nitrogens with zero attached hydrogens (tertiary/aromatic N) is 1. The Labute approximate surface area is 162 Å². The number of para-hydroxylation sites is 1. The summed E-state index contributed by atoms with van der Waals surface area (Å²) in [5.41, 5.74) is 1.16. The van der Waals surface area contributed by atoms with Crippen molar-refractivity contribution in [1.82, 2.24) is 9.55 Å². The van der Waals surface area contributed by atoms with E-state index in [1.54, 1.807) is 13.3 Å². The normalized spacial score (nSPS) is 17.2. The average molecular weight is 412 g/mol. The summed E-state index contributed by atoms with van der Waals surface area (Å²) in [6, 6.07) is 7.67. The maximum atomic E-state index is 12.0. The first-order chi connectivity index (χ1) is 13.1. The number of benzene rings is 1. The number of aromatic nitrogens is 2. The molecule has 1 aromatic carbocycles. The van der Waals surface area contributed by atoms with Gasteiger partial charge < -0.3 is 18.9 Å². The van der Waals surface area contributed by atoms with Gasteiger partial charge in [-0.05, 0) is 12.5 Å². The monoisotopic (exact) mass is 412 g/mol. The minimum absolute atomic E-state index is 0.229. The first-order valence-electron chi connectivity index (χ1n) is 8.39. The van der Waals surface area contributed by atoms with E-state index in [2.05, 4.69) is 4.98 Å². The van der Waals surface area contributed by atoms with Crippen LogP contribution in [0.5, 0.6) is 5.75 Å². The zero-order valence-corrected chi connectivity index (χ0v) is 16.5. The molecule has 2 heterocycles. The van der Waals surface area contributed by atoms with Gasteiger partial charge in [0.2, 0.25) is 0 Å². The van der Waals surface area contributed by atoms with Crippen LogP contribution in [0.25, 0.3) is 0 Å². The number of methoxy groups -OCH3 is 1. The van der Waals surface area contributed by atoms with Gasteiger partial charge in [0.1, 0.15) is 10.4 Å². The minimum atomic E-state index is -1.48. The Hall–Kier alpha value is -1.61. The van der Waals surface area contributed by atoms with Crippen LogP contribution < -0.4 is 10.2 Å². The van der Waals surface area contributed by atoms with E-state index in [1.807, 2.05) is 24.3 Å². The number of rotatable bonds is 8. The van der Waals surface area contributed by atoms with Crippen LogP contribution in [0, 0.1) is 4.64 Å². The van der Waals surface area contributed by atoms with E-state index in [1.165, 1.54) is 4.57 Å². The van der Waals surface area contributed by atoms with Crippen molar-refractivity contribution >= 4 is 20.8 Å². The third kappa shape index (κ3) is 5.22. The van der Waals surface area contributed by atoms with Crippen LogP contribution in [0.2, 0.25) is 0 Å². The topological polar surface area (TPSA) is 94.9 Å². The molecule has 1 aliphatic heterocycles. The van der Waals surface area contributed by atoms with Gasteiger partial charge in [-0.15, -0.1) is 0 Å². The maximum Gasteiger partial charge on any atom is 0.397 e. The van der Waals surface area contributed by atoms with Crippen LogP contribution in [-0.2, 0) is 33.5 Å². The summed E-state index contributed by atoms with van der Waals surface area (Å²) >= 11 is 5.00. The third-order valence-electron chi connectivity index (χ3n) is 4.12. The van der Waals surface area contributed by atoms with Gasteiger partial charge in [0.15, 0.2) is 0 Å². The lowest BCUT2D eigenvalue weighted by atomic mass is 10.2. The number of aliphatic hydroxyl groups is 1. The number of aliphatic hydroxyl groups excluding tert-OH is 1. The molecule has 0 bridgehead atoms. The quantitative estimate of drug-likeness (QED) is 0.508. The van der Waals surface area contributed by atoms with Crippen molar-refractivity contribution in [3.63, 3.8) is 0 Å². The molecule has 2 aromatic rings. The number of aryl methyl sites for hydroxylation is 1. The summed E-state index contributed by atoms with van der Waals surface area (Å²) in [7, 11) is 0.101. The van der Waals surface area contributed by atoms with Gasteiger partial charge in [-0.2, -0.15) is 0 Å². The predicted octanol–water partition coefficient (Wildman–Crippen LogP) is 2.66. The molecule has 27 heavy (non-hydrogen) atoms. The lowest BCUT2D eigenvalue weighted by Crippen LogP contribution is -2.27. The van der Waals surface area contributed by atoms with Crippen molar-refractivity contribution in [3.05, 3.63) is 56.7 Å². The lowest BCUT2D eigenvalue weighted by Gasteiger charge is -2.25. The van der Waals surface area contributed by atoms with Gasteiger partial charge in [0.25, 0.3) is 0 Å². The molecule has 10 heteroatoms. The van der Waals surface area contributed by atoms with Crippen molar-refractivity contribution < 1.29 is 23.4 Å². The molecule has 1 aromatic heterocycles. The summed E-state index contributed by atoms with van der Waals surface area (Å²) in [5, 5.41) is 9.28. The van der Waals surface area contributed by atoms with E-state index in [-0.39, 0.29) is 29.6 Å². The second kappa shape index (κ2) is 9.54. The Kier molecular flexibility index (Phi) is 7.12. The molecule has 2 unspecified atom stereocenters. The molecule has 2 N–H and O–H groups in total. The molecule has 3 rings (SSSR count). The second-order valence-electron chi connectivity index (χ2n) is 5.90. The van der Waals surface area contributed by atoms with Gasteiger partial charge in [-0.3, -0.25) is 14.0 Å². The number of hydrogen-bond acceptors (Lipinski definition) is 7. The van der Waals surface area contributed by atoms with E-state index in [0.29, 0.717) is 25.1 Å². The molecular weight excluding hydrogens is 391 g/mol. The van der Waals surface area contributed by atoms with Crippen LogP contribution in [0.15, 0.2) is 35.3 Å². The summed E-state index contributed by atoms with van der Waals surface area (Å²) in [6.07, 6.45) is 1.85. The first-order valence-corrected chi connectivity index (χ1v) is 9.89. The molecule has 0 saturated carbocycles. The van der Waals surface area contributed by atoms with Crippen LogP contribution in [0.1, 0.15) is 17.5 Å². The molecule has 0 spiro atoms. The smallest absolute Gasteiger partial charge is 0.397 e. The zero-order valence-electron chi connectivity index (χ0n) is 14.8. The summed E-state index contributed by atoms with van der Waals surface area (Å²) in [6.45, 7) is 0.881. The Morgan fingerprint density at radius 3 is 3.04 bits per heavy atom. The molecule has 0 fully saturated rings.